The summed E-state index contributed by atoms with van der Waals surface area (Å²) in [6.45, 7) is 2.01. The van der Waals surface area contributed by atoms with Gasteiger partial charge in [-0.15, -0.1) is 0 Å². The van der Waals surface area contributed by atoms with E-state index in [2.05, 4.69) is 20.6 Å². The van der Waals surface area contributed by atoms with Gasteiger partial charge in [0.2, 0.25) is 0 Å². The van der Waals surface area contributed by atoms with E-state index in [1.165, 1.54) is 6.08 Å². The van der Waals surface area contributed by atoms with Gasteiger partial charge in [-0.1, -0.05) is 0 Å². The van der Waals surface area contributed by atoms with Crippen LogP contribution in [0.5, 0.6) is 0 Å². The SMILES string of the molecule is O=C(O)/C=C/c1cnc(N[C@@H]2CCCNC2)cn1. The van der Waals surface area contributed by atoms with Crippen molar-refractivity contribution in [2.45, 2.75) is 18.9 Å². The number of carboxylic acids is 1. The molecule has 1 atom stereocenters. The van der Waals surface area contributed by atoms with Crippen LogP contribution < -0.4 is 10.6 Å². The van der Waals surface area contributed by atoms with Crippen molar-refractivity contribution < 1.29 is 9.90 Å². The average molecular weight is 248 g/mol. The number of aromatic nitrogens is 2. The fraction of sp³-hybridized carbons (Fsp3) is 0.417. The predicted molar refractivity (Wildman–Crippen MR) is 68.2 cm³/mol. The van der Waals surface area contributed by atoms with E-state index in [1.807, 2.05) is 0 Å². The van der Waals surface area contributed by atoms with Gasteiger partial charge in [-0.05, 0) is 25.5 Å². The molecule has 18 heavy (non-hydrogen) atoms. The molecule has 2 rings (SSSR count). The van der Waals surface area contributed by atoms with Gasteiger partial charge in [-0.2, -0.15) is 0 Å². The number of carbonyl (C=O) groups is 1. The maximum atomic E-state index is 10.3. The third-order valence-corrected chi connectivity index (χ3v) is 2.72. The standard InChI is InChI=1S/C12H16N4O2/c17-12(18)4-3-9-7-15-11(8-14-9)16-10-2-1-5-13-6-10/h3-4,7-8,10,13H,1-2,5-6H2,(H,15,16)(H,17,18)/b4-3+/t10-/m1/s1. The molecule has 0 aromatic carbocycles. The first kappa shape index (κ1) is 12.5. The van der Waals surface area contributed by atoms with Gasteiger partial charge in [0.1, 0.15) is 5.82 Å². The van der Waals surface area contributed by atoms with Gasteiger partial charge < -0.3 is 15.7 Å². The van der Waals surface area contributed by atoms with Gasteiger partial charge >= 0.3 is 5.97 Å². The Balaban J connectivity index is 1.92. The highest BCUT2D eigenvalue weighted by Crippen LogP contribution is 2.09. The van der Waals surface area contributed by atoms with E-state index in [9.17, 15) is 4.79 Å². The minimum absolute atomic E-state index is 0.383. The van der Waals surface area contributed by atoms with Crippen molar-refractivity contribution in [1.29, 1.82) is 0 Å². The molecule has 96 valence electrons. The minimum atomic E-state index is -0.993. The molecular formula is C12H16N4O2. The van der Waals surface area contributed by atoms with Gasteiger partial charge in [0, 0.05) is 18.7 Å². The highest BCUT2D eigenvalue weighted by atomic mass is 16.4. The zero-order valence-electron chi connectivity index (χ0n) is 9.97. The van der Waals surface area contributed by atoms with Gasteiger partial charge in [0.15, 0.2) is 0 Å². The molecule has 0 bridgehead atoms. The van der Waals surface area contributed by atoms with Crippen molar-refractivity contribution in [1.82, 2.24) is 15.3 Å². The lowest BCUT2D eigenvalue weighted by Gasteiger charge is -2.24. The molecule has 6 nitrogen and oxygen atoms in total. The molecule has 0 radical (unpaired) electrons. The van der Waals surface area contributed by atoms with Crippen LogP contribution >= 0.6 is 0 Å². The number of hydrogen-bond donors (Lipinski definition) is 3. The van der Waals surface area contributed by atoms with Gasteiger partial charge in [-0.25, -0.2) is 9.78 Å². The van der Waals surface area contributed by atoms with E-state index in [-0.39, 0.29) is 0 Å². The maximum Gasteiger partial charge on any atom is 0.328 e. The van der Waals surface area contributed by atoms with Crippen LogP contribution in [0, 0.1) is 0 Å². The number of carboxylic acid groups (broad SMARTS) is 1. The molecule has 1 saturated heterocycles. The van der Waals surface area contributed by atoms with Crippen LogP contribution in [-0.4, -0.2) is 40.2 Å². The molecule has 1 aliphatic rings. The van der Waals surface area contributed by atoms with Crippen molar-refractivity contribution >= 4 is 17.9 Å². The van der Waals surface area contributed by atoms with Crippen LogP contribution in [0.4, 0.5) is 5.82 Å². The lowest BCUT2D eigenvalue weighted by atomic mass is 10.1. The Morgan fingerprint density at radius 3 is 3.00 bits per heavy atom. The maximum absolute atomic E-state index is 10.3. The molecular weight excluding hydrogens is 232 g/mol. The fourth-order valence-corrected chi connectivity index (χ4v) is 1.84. The summed E-state index contributed by atoms with van der Waals surface area (Å²) in [4.78, 5) is 18.7. The van der Waals surface area contributed by atoms with Crippen LogP contribution in [0.25, 0.3) is 6.08 Å². The predicted octanol–water partition coefficient (Wildman–Crippen LogP) is 0.738. The number of hydrogen-bond acceptors (Lipinski definition) is 5. The Morgan fingerprint density at radius 1 is 1.50 bits per heavy atom. The molecule has 6 heteroatoms. The summed E-state index contributed by atoms with van der Waals surface area (Å²) in [7, 11) is 0. The Labute approximate surface area is 105 Å². The third-order valence-electron chi connectivity index (χ3n) is 2.72. The van der Waals surface area contributed by atoms with Crippen LogP contribution in [0.15, 0.2) is 18.5 Å². The van der Waals surface area contributed by atoms with E-state index in [4.69, 9.17) is 5.11 Å². The molecule has 1 aromatic rings. The first-order valence-corrected chi connectivity index (χ1v) is 5.94. The zero-order valence-corrected chi connectivity index (χ0v) is 9.97. The second-order valence-electron chi connectivity index (χ2n) is 4.19. The lowest BCUT2D eigenvalue weighted by Crippen LogP contribution is -2.38. The van der Waals surface area contributed by atoms with Crippen LogP contribution in [-0.2, 0) is 4.79 Å². The topological polar surface area (TPSA) is 87.1 Å². The highest BCUT2D eigenvalue weighted by Gasteiger charge is 2.12. The number of aliphatic carboxylic acids is 1. The van der Waals surface area contributed by atoms with Crippen molar-refractivity contribution in [2.24, 2.45) is 0 Å². The molecule has 1 aliphatic heterocycles. The summed E-state index contributed by atoms with van der Waals surface area (Å²) in [5, 5.41) is 15.1. The van der Waals surface area contributed by atoms with E-state index in [0.717, 1.165) is 37.8 Å². The lowest BCUT2D eigenvalue weighted by molar-refractivity contribution is -0.131. The summed E-state index contributed by atoms with van der Waals surface area (Å²) in [5.74, 6) is -0.275. The third kappa shape index (κ3) is 3.81. The second kappa shape index (κ2) is 6.11. The molecule has 0 aliphatic carbocycles. The van der Waals surface area contributed by atoms with Gasteiger partial charge in [-0.3, -0.25) is 4.98 Å². The van der Waals surface area contributed by atoms with Crippen LogP contribution in [0.3, 0.4) is 0 Å². The first-order valence-electron chi connectivity index (χ1n) is 5.94. The summed E-state index contributed by atoms with van der Waals surface area (Å²) < 4.78 is 0. The van der Waals surface area contributed by atoms with E-state index in [0.29, 0.717) is 11.7 Å². The molecule has 1 aromatic heterocycles. The average Bonchev–Trinajstić information content (AvgIpc) is 2.39. The number of rotatable bonds is 4. The molecule has 1 fully saturated rings. The fourth-order valence-electron chi connectivity index (χ4n) is 1.84. The number of nitrogens with zero attached hydrogens (tertiary/aromatic N) is 2. The summed E-state index contributed by atoms with van der Waals surface area (Å²) in [5.41, 5.74) is 0.532. The molecule has 3 N–H and O–H groups in total. The van der Waals surface area contributed by atoms with Crippen molar-refractivity contribution in [3.8, 4) is 0 Å². The first-order chi connectivity index (χ1) is 8.74. The quantitative estimate of drug-likeness (QED) is 0.681. The zero-order chi connectivity index (χ0) is 12.8. The molecule has 0 spiro atoms. The molecule has 0 amide bonds. The Kier molecular flexibility index (Phi) is 4.25. The number of nitrogens with one attached hydrogen (secondary N) is 2. The van der Waals surface area contributed by atoms with Crippen molar-refractivity contribution in [3.05, 3.63) is 24.2 Å². The summed E-state index contributed by atoms with van der Waals surface area (Å²) >= 11 is 0. The van der Waals surface area contributed by atoms with E-state index in [1.54, 1.807) is 12.4 Å². The Morgan fingerprint density at radius 2 is 2.39 bits per heavy atom. The van der Waals surface area contributed by atoms with Crippen molar-refractivity contribution in [3.63, 3.8) is 0 Å². The van der Waals surface area contributed by atoms with Crippen molar-refractivity contribution in [2.75, 3.05) is 18.4 Å². The Bertz CT molecular complexity index is 424. The normalized spacial score (nSPS) is 19.9. The summed E-state index contributed by atoms with van der Waals surface area (Å²) in [6.07, 6.45) is 7.91. The summed E-state index contributed by atoms with van der Waals surface area (Å²) in [6, 6.07) is 0.383. The number of piperidine rings is 1. The minimum Gasteiger partial charge on any atom is -0.478 e. The molecule has 0 unspecified atom stereocenters. The highest BCUT2D eigenvalue weighted by molar-refractivity contribution is 5.84. The van der Waals surface area contributed by atoms with Crippen LogP contribution in [0.1, 0.15) is 18.5 Å². The van der Waals surface area contributed by atoms with Crippen LogP contribution in [0.2, 0.25) is 0 Å². The smallest absolute Gasteiger partial charge is 0.328 e. The largest absolute Gasteiger partial charge is 0.478 e. The van der Waals surface area contributed by atoms with E-state index < -0.39 is 5.97 Å². The molecule has 0 saturated carbocycles. The Hall–Kier alpha value is -1.95. The monoisotopic (exact) mass is 248 g/mol. The van der Waals surface area contributed by atoms with Gasteiger partial charge in [0.25, 0.3) is 0 Å². The molecule has 2 heterocycles. The second-order valence-corrected chi connectivity index (χ2v) is 4.19. The van der Waals surface area contributed by atoms with E-state index >= 15 is 0 Å². The number of anilines is 1. The van der Waals surface area contributed by atoms with Gasteiger partial charge in [0.05, 0.1) is 18.1 Å².